The minimum absolute atomic E-state index is 0.260. The Labute approximate surface area is 95.0 Å². The highest BCUT2D eigenvalue weighted by atomic mass is 19.1. The van der Waals surface area contributed by atoms with Crippen molar-refractivity contribution in [3.63, 3.8) is 0 Å². The summed E-state index contributed by atoms with van der Waals surface area (Å²) in [6.07, 6.45) is 0.260. The van der Waals surface area contributed by atoms with E-state index in [2.05, 4.69) is 11.8 Å². The molecule has 0 aromatic heterocycles. The molecule has 1 aliphatic heterocycles. The second kappa shape index (κ2) is 4.80. The number of nitrogen functional groups attached to an aromatic ring is 1. The molecular weight excluding hydrogens is 207 g/mol. The maximum absolute atomic E-state index is 12.9. The van der Waals surface area contributed by atoms with Gasteiger partial charge in [0.05, 0.1) is 12.7 Å². The van der Waals surface area contributed by atoms with Crippen LogP contribution in [0.15, 0.2) is 18.2 Å². The molecule has 0 radical (unpaired) electrons. The number of rotatable bonds is 2. The minimum atomic E-state index is -0.281. The summed E-state index contributed by atoms with van der Waals surface area (Å²) >= 11 is 0. The number of anilines is 1. The number of nitrogens with zero attached hydrogens (tertiary/aromatic N) is 1. The maximum Gasteiger partial charge on any atom is 0.125 e. The zero-order valence-corrected chi connectivity index (χ0v) is 9.45. The van der Waals surface area contributed by atoms with E-state index in [9.17, 15) is 4.39 Å². The molecule has 1 aromatic carbocycles. The Bertz CT molecular complexity index is 370. The average molecular weight is 224 g/mol. The summed E-state index contributed by atoms with van der Waals surface area (Å²) in [6, 6.07) is 4.58. The number of hydrogen-bond donors (Lipinski definition) is 1. The van der Waals surface area contributed by atoms with Gasteiger partial charge in [-0.2, -0.15) is 0 Å². The molecule has 1 heterocycles. The van der Waals surface area contributed by atoms with Crippen LogP contribution < -0.4 is 5.73 Å². The normalized spacial score (nSPS) is 22.2. The van der Waals surface area contributed by atoms with E-state index in [-0.39, 0.29) is 11.9 Å². The van der Waals surface area contributed by atoms with Gasteiger partial charge in [0, 0.05) is 25.3 Å². The van der Waals surface area contributed by atoms with E-state index < -0.39 is 0 Å². The van der Waals surface area contributed by atoms with Gasteiger partial charge < -0.3 is 10.5 Å². The molecule has 0 saturated carbocycles. The molecule has 1 saturated heterocycles. The molecule has 4 heteroatoms. The highest BCUT2D eigenvalue weighted by Crippen LogP contribution is 2.17. The fraction of sp³-hybridized carbons (Fsp3) is 0.500. The van der Waals surface area contributed by atoms with Crippen LogP contribution in [0.5, 0.6) is 0 Å². The summed E-state index contributed by atoms with van der Waals surface area (Å²) < 4.78 is 18.3. The number of benzene rings is 1. The maximum atomic E-state index is 12.9. The van der Waals surface area contributed by atoms with Gasteiger partial charge in [-0.05, 0) is 24.6 Å². The molecule has 88 valence electrons. The zero-order valence-electron chi connectivity index (χ0n) is 9.45. The monoisotopic (exact) mass is 224 g/mol. The Morgan fingerprint density at radius 3 is 3.06 bits per heavy atom. The summed E-state index contributed by atoms with van der Waals surface area (Å²) in [5.41, 5.74) is 7.28. The quantitative estimate of drug-likeness (QED) is 0.776. The lowest BCUT2D eigenvalue weighted by Gasteiger charge is -2.31. The van der Waals surface area contributed by atoms with E-state index in [1.165, 1.54) is 12.1 Å². The molecule has 1 aromatic rings. The van der Waals surface area contributed by atoms with Crippen LogP contribution in [0.2, 0.25) is 0 Å². The minimum Gasteiger partial charge on any atom is -0.398 e. The Hall–Kier alpha value is -1.13. The van der Waals surface area contributed by atoms with Crippen molar-refractivity contribution in [2.75, 3.05) is 25.4 Å². The molecule has 2 rings (SSSR count). The Morgan fingerprint density at radius 1 is 1.56 bits per heavy atom. The molecule has 1 atom stereocenters. The lowest BCUT2D eigenvalue weighted by molar-refractivity contribution is -0.0211. The number of ether oxygens (including phenoxy) is 1. The van der Waals surface area contributed by atoms with Gasteiger partial charge in [-0.25, -0.2) is 4.39 Å². The number of hydrogen-bond acceptors (Lipinski definition) is 3. The first-order valence-electron chi connectivity index (χ1n) is 5.53. The van der Waals surface area contributed by atoms with Crippen LogP contribution in [0.4, 0.5) is 10.1 Å². The fourth-order valence-corrected chi connectivity index (χ4v) is 1.98. The first-order valence-corrected chi connectivity index (χ1v) is 5.53. The molecule has 0 aliphatic carbocycles. The first kappa shape index (κ1) is 11.4. The standard InChI is InChI=1S/C12H17FN2O/c1-9-7-15(4-5-16-9)8-10-2-3-11(13)6-12(10)14/h2-3,6,9H,4-5,7-8,14H2,1H3. The molecule has 0 amide bonds. The molecular formula is C12H17FN2O. The third-order valence-electron chi connectivity index (χ3n) is 2.83. The van der Waals surface area contributed by atoms with Crippen molar-refractivity contribution in [3.8, 4) is 0 Å². The Morgan fingerprint density at radius 2 is 2.38 bits per heavy atom. The molecule has 1 fully saturated rings. The third-order valence-corrected chi connectivity index (χ3v) is 2.83. The van der Waals surface area contributed by atoms with Crippen LogP contribution >= 0.6 is 0 Å². The topological polar surface area (TPSA) is 38.5 Å². The van der Waals surface area contributed by atoms with Crippen LogP contribution in [-0.4, -0.2) is 30.7 Å². The van der Waals surface area contributed by atoms with Crippen molar-refractivity contribution in [2.45, 2.75) is 19.6 Å². The van der Waals surface area contributed by atoms with Crippen molar-refractivity contribution in [1.82, 2.24) is 4.90 Å². The van der Waals surface area contributed by atoms with Gasteiger partial charge in [0.1, 0.15) is 5.82 Å². The van der Waals surface area contributed by atoms with Crippen molar-refractivity contribution >= 4 is 5.69 Å². The van der Waals surface area contributed by atoms with Gasteiger partial charge in [-0.15, -0.1) is 0 Å². The van der Waals surface area contributed by atoms with Gasteiger partial charge in [-0.1, -0.05) is 6.07 Å². The molecule has 1 unspecified atom stereocenters. The van der Waals surface area contributed by atoms with E-state index in [0.717, 1.165) is 31.8 Å². The van der Waals surface area contributed by atoms with Gasteiger partial charge in [-0.3, -0.25) is 4.90 Å². The van der Waals surface area contributed by atoms with Crippen molar-refractivity contribution in [2.24, 2.45) is 0 Å². The van der Waals surface area contributed by atoms with Gasteiger partial charge in [0.2, 0.25) is 0 Å². The van der Waals surface area contributed by atoms with Gasteiger partial charge in [0.15, 0.2) is 0 Å². The summed E-state index contributed by atoms with van der Waals surface area (Å²) in [5, 5.41) is 0. The summed E-state index contributed by atoms with van der Waals surface area (Å²) in [6.45, 7) is 5.38. The van der Waals surface area contributed by atoms with Crippen LogP contribution in [0.1, 0.15) is 12.5 Å². The number of morpholine rings is 1. The second-order valence-electron chi connectivity index (χ2n) is 4.26. The number of halogens is 1. The lowest BCUT2D eigenvalue weighted by Crippen LogP contribution is -2.40. The molecule has 3 nitrogen and oxygen atoms in total. The van der Waals surface area contributed by atoms with E-state index in [1.54, 1.807) is 6.07 Å². The van der Waals surface area contributed by atoms with Gasteiger partial charge >= 0.3 is 0 Å². The predicted octanol–water partition coefficient (Wildman–Crippen LogP) is 1.63. The predicted molar refractivity (Wildman–Crippen MR) is 61.5 cm³/mol. The molecule has 16 heavy (non-hydrogen) atoms. The first-order chi connectivity index (χ1) is 7.65. The van der Waals surface area contributed by atoms with Crippen molar-refractivity contribution < 1.29 is 9.13 Å². The van der Waals surface area contributed by atoms with Crippen LogP contribution in [0, 0.1) is 5.82 Å². The van der Waals surface area contributed by atoms with E-state index in [0.29, 0.717) is 5.69 Å². The summed E-state index contributed by atoms with van der Waals surface area (Å²) in [7, 11) is 0. The van der Waals surface area contributed by atoms with Gasteiger partial charge in [0.25, 0.3) is 0 Å². The van der Waals surface area contributed by atoms with Crippen LogP contribution in [0.25, 0.3) is 0 Å². The zero-order chi connectivity index (χ0) is 11.5. The average Bonchev–Trinajstić information content (AvgIpc) is 2.22. The summed E-state index contributed by atoms with van der Waals surface area (Å²) in [4.78, 5) is 2.28. The largest absolute Gasteiger partial charge is 0.398 e. The van der Waals surface area contributed by atoms with Crippen LogP contribution in [-0.2, 0) is 11.3 Å². The fourth-order valence-electron chi connectivity index (χ4n) is 1.98. The highest BCUT2D eigenvalue weighted by Gasteiger charge is 2.17. The van der Waals surface area contributed by atoms with Crippen molar-refractivity contribution in [1.29, 1.82) is 0 Å². The third kappa shape index (κ3) is 2.71. The van der Waals surface area contributed by atoms with E-state index in [4.69, 9.17) is 10.5 Å². The van der Waals surface area contributed by atoms with Crippen LogP contribution in [0.3, 0.4) is 0 Å². The Kier molecular flexibility index (Phi) is 3.41. The molecule has 0 spiro atoms. The highest BCUT2D eigenvalue weighted by molar-refractivity contribution is 5.46. The second-order valence-corrected chi connectivity index (χ2v) is 4.26. The number of nitrogens with two attached hydrogens (primary N) is 1. The SMILES string of the molecule is CC1CN(Cc2ccc(F)cc2N)CCO1. The summed E-state index contributed by atoms with van der Waals surface area (Å²) in [5.74, 6) is -0.281. The smallest absolute Gasteiger partial charge is 0.125 e. The lowest BCUT2D eigenvalue weighted by atomic mass is 10.1. The van der Waals surface area contributed by atoms with Crippen molar-refractivity contribution in [3.05, 3.63) is 29.6 Å². The molecule has 2 N–H and O–H groups in total. The Balaban J connectivity index is 2.02. The molecule has 0 bridgehead atoms. The van der Waals surface area contributed by atoms with E-state index in [1.807, 2.05) is 0 Å². The molecule has 1 aliphatic rings. The van der Waals surface area contributed by atoms with E-state index >= 15 is 0 Å².